The quantitative estimate of drug-likeness (QED) is 0.549. The summed E-state index contributed by atoms with van der Waals surface area (Å²) in [6.07, 6.45) is 0.616. The maximum absolute atomic E-state index is 12.5. The van der Waals surface area contributed by atoms with Crippen LogP contribution in [0, 0.1) is 0 Å². The van der Waals surface area contributed by atoms with E-state index >= 15 is 0 Å². The molecular formula is C22H22NO5+. The molecule has 0 saturated heterocycles. The first-order chi connectivity index (χ1) is 13.6. The first-order valence-electron chi connectivity index (χ1n) is 9.19. The molecule has 6 nitrogen and oxygen atoms in total. The highest BCUT2D eigenvalue weighted by molar-refractivity contribution is 5.81. The van der Waals surface area contributed by atoms with E-state index in [1.165, 1.54) is 24.3 Å². The summed E-state index contributed by atoms with van der Waals surface area (Å²) >= 11 is 0. The highest BCUT2D eigenvalue weighted by Crippen LogP contribution is 2.23. The first kappa shape index (κ1) is 18.3. The van der Waals surface area contributed by atoms with Crippen molar-refractivity contribution < 1.29 is 23.6 Å². The fraction of sp³-hybridized carbons (Fsp3) is 0.273. The predicted octanol–water partition coefficient (Wildman–Crippen LogP) is 1.48. The molecule has 3 aromatic rings. The smallest absolute Gasteiger partial charge is 0.365 e. The molecule has 1 aromatic heterocycles. The predicted molar refractivity (Wildman–Crippen MR) is 103 cm³/mol. The number of carbonyl (C=O) groups excluding carboxylic acids is 1. The van der Waals surface area contributed by atoms with Gasteiger partial charge in [-0.05, 0) is 17.7 Å². The number of hydrogen-bond acceptors (Lipinski definition) is 5. The third kappa shape index (κ3) is 3.39. The van der Waals surface area contributed by atoms with Crippen LogP contribution in [0.15, 0.2) is 57.7 Å². The van der Waals surface area contributed by atoms with Crippen molar-refractivity contribution in [2.75, 3.05) is 14.2 Å². The van der Waals surface area contributed by atoms with Gasteiger partial charge in [0.15, 0.2) is 6.04 Å². The molecule has 1 N–H and O–H groups in total. The van der Waals surface area contributed by atoms with E-state index in [0.29, 0.717) is 30.8 Å². The lowest BCUT2D eigenvalue weighted by atomic mass is 9.93. The summed E-state index contributed by atoms with van der Waals surface area (Å²) in [5, 5.41) is 0.843. The summed E-state index contributed by atoms with van der Waals surface area (Å²) in [5.41, 5.74) is 3.29. The molecule has 6 heteroatoms. The van der Waals surface area contributed by atoms with Crippen LogP contribution < -0.4 is 15.3 Å². The number of fused-ring (bicyclic) bond motifs is 2. The van der Waals surface area contributed by atoms with Crippen LogP contribution in [-0.2, 0) is 29.0 Å². The number of carbonyl (C=O) groups is 1. The van der Waals surface area contributed by atoms with Gasteiger partial charge in [0, 0.05) is 35.1 Å². The van der Waals surface area contributed by atoms with Crippen LogP contribution in [0.1, 0.15) is 16.7 Å². The Morgan fingerprint density at radius 3 is 2.68 bits per heavy atom. The van der Waals surface area contributed by atoms with Crippen molar-refractivity contribution in [1.82, 2.24) is 0 Å². The van der Waals surface area contributed by atoms with Crippen LogP contribution in [0.2, 0.25) is 0 Å². The Bertz CT molecular complexity index is 1090. The fourth-order valence-electron chi connectivity index (χ4n) is 3.97. The number of methoxy groups -OCH3 is 2. The minimum atomic E-state index is -0.415. The molecule has 2 atom stereocenters. The summed E-state index contributed by atoms with van der Waals surface area (Å²) in [6.45, 7) is 1.20. The molecule has 0 amide bonds. The van der Waals surface area contributed by atoms with Gasteiger partial charge >= 0.3 is 11.6 Å². The van der Waals surface area contributed by atoms with Crippen molar-refractivity contribution in [2.24, 2.45) is 0 Å². The summed E-state index contributed by atoms with van der Waals surface area (Å²) < 4.78 is 15.6. The Morgan fingerprint density at radius 2 is 1.93 bits per heavy atom. The Balaban J connectivity index is 1.74. The van der Waals surface area contributed by atoms with E-state index in [2.05, 4.69) is 12.1 Å². The molecule has 2 heterocycles. The Hall–Kier alpha value is -3.12. The molecule has 0 bridgehead atoms. The lowest BCUT2D eigenvalue weighted by Gasteiger charge is -2.32. The molecule has 4 rings (SSSR count). The lowest BCUT2D eigenvalue weighted by Crippen LogP contribution is -3.15. The molecule has 144 valence electrons. The number of nitrogens with one attached hydrogen (secondary N) is 1. The van der Waals surface area contributed by atoms with E-state index in [4.69, 9.17) is 13.9 Å². The van der Waals surface area contributed by atoms with Crippen molar-refractivity contribution in [3.8, 4) is 5.75 Å². The van der Waals surface area contributed by atoms with Crippen LogP contribution in [0.5, 0.6) is 5.75 Å². The second kappa shape index (κ2) is 7.48. The molecule has 2 aromatic carbocycles. The maximum atomic E-state index is 12.5. The molecule has 0 aliphatic carbocycles. The van der Waals surface area contributed by atoms with Gasteiger partial charge in [-0.3, -0.25) is 0 Å². The van der Waals surface area contributed by atoms with E-state index in [1.807, 2.05) is 24.3 Å². The Morgan fingerprint density at radius 1 is 1.14 bits per heavy atom. The zero-order valence-electron chi connectivity index (χ0n) is 15.9. The number of benzene rings is 2. The van der Waals surface area contributed by atoms with E-state index in [1.54, 1.807) is 13.2 Å². The van der Waals surface area contributed by atoms with Crippen LogP contribution in [0.25, 0.3) is 11.0 Å². The molecule has 0 radical (unpaired) electrons. The van der Waals surface area contributed by atoms with Crippen molar-refractivity contribution in [2.45, 2.75) is 25.6 Å². The molecule has 1 aliphatic heterocycles. The van der Waals surface area contributed by atoms with E-state index < -0.39 is 5.63 Å². The highest BCUT2D eigenvalue weighted by atomic mass is 16.5. The largest absolute Gasteiger partial charge is 0.497 e. The van der Waals surface area contributed by atoms with Gasteiger partial charge in [-0.2, -0.15) is 0 Å². The van der Waals surface area contributed by atoms with Gasteiger partial charge in [-0.1, -0.05) is 24.3 Å². The summed E-state index contributed by atoms with van der Waals surface area (Å²) in [6, 6.07) is 14.8. The van der Waals surface area contributed by atoms with Crippen molar-refractivity contribution >= 4 is 16.9 Å². The van der Waals surface area contributed by atoms with Gasteiger partial charge in [-0.15, -0.1) is 0 Å². The molecule has 1 unspecified atom stereocenters. The Labute approximate surface area is 162 Å². The van der Waals surface area contributed by atoms with Crippen LogP contribution in [-0.4, -0.2) is 26.2 Å². The molecule has 0 saturated carbocycles. The molecule has 1 aliphatic rings. The van der Waals surface area contributed by atoms with Crippen LogP contribution in [0.4, 0.5) is 0 Å². The SMILES string of the molecule is COC(=O)[C@H]1Cc2ccccc2C[NH+]1Cc1cc(=O)oc2cc(OC)ccc12. The number of ether oxygens (including phenoxy) is 2. The second-order valence-electron chi connectivity index (χ2n) is 7.01. The van der Waals surface area contributed by atoms with Crippen molar-refractivity contribution in [3.63, 3.8) is 0 Å². The third-order valence-electron chi connectivity index (χ3n) is 5.39. The number of hydrogen-bond donors (Lipinski definition) is 1. The number of esters is 1. The van der Waals surface area contributed by atoms with Gasteiger partial charge in [0.1, 0.15) is 24.4 Å². The minimum Gasteiger partial charge on any atom is -0.497 e. The van der Waals surface area contributed by atoms with Crippen LogP contribution in [0.3, 0.4) is 0 Å². The number of rotatable bonds is 4. The van der Waals surface area contributed by atoms with Gasteiger partial charge in [-0.25, -0.2) is 9.59 Å². The zero-order chi connectivity index (χ0) is 19.7. The Kier molecular flexibility index (Phi) is 4.88. The minimum absolute atomic E-state index is 0.238. The average Bonchev–Trinajstić information content (AvgIpc) is 2.72. The monoisotopic (exact) mass is 380 g/mol. The third-order valence-corrected chi connectivity index (χ3v) is 5.39. The second-order valence-corrected chi connectivity index (χ2v) is 7.01. The summed E-state index contributed by atoms with van der Waals surface area (Å²) in [4.78, 5) is 25.6. The van der Waals surface area contributed by atoms with E-state index in [0.717, 1.165) is 15.8 Å². The van der Waals surface area contributed by atoms with E-state index in [9.17, 15) is 9.59 Å². The fourth-order valence-corrected chi connectivity index (χ4v) is 3.97. The average molecular weight is 380 g/mol. The van der Waals surface area contributed by atoms with Gasteiger partial charge < -0.3 is 18.8 Å². The topological polar surface area (TPSA) is 70.2 Å². The normalized spacial score (nSPS) is 18.5. The van der Waals surface area contributed by atoms with Crippen LogP contribution >= 0.6 is 0 Å². The summed E-state index contributed by atoms with van der Waals surface area (Å²) in [7, 11) is 2.98. The standard InChI is InChI=1S/C22H21NO5/c1-26-17-7-8-18-16(10-21(24)28-20(18)11-17)13-23-12-15-6-4-3-5-14(15)9-19(23)22(25)27-2/h3-8,10-11,19H,9,12-13H2,1-2H3/p+1/t19-/m1/s1. The lowest BCUT2D eigenvalue weighted by molar-refractivity contribution is -0.945. The maximum Gasteiger partial charge on any atom is 0.365 e. The molecule has 0 spiro atoms. The zero-order valence-corrected chi connectivity index (χ0v) is 15.9. The highest BCUT2D eigenvalue weighted by Gasteiger charge is 2.36. The van der Waals surface area contributed by atoms with Gasteiger partial charge in [0.2, 0.25) is 0 Å². The number of quaternary nitrogens is 1. The van der Waals surface area contributed by atoms with Gasteiger partial charge in [0.25, 0.3) is 0 Å². The first-order valence-corrected chi connectivity index (χ1v) is 9.19. The van der Waals surface area contributed by atoms with E-state index in [-0.39, 0.29) is 12.0 Å². The molecule has 0 fully saturated rings. The summed E-state index contributed by atoms with van der Waals surface area (Å²) in [5.74, 6) is 0.387. The molecule has 28 heavy (non-hydrogen) atoms. The molecular weight excluding hydrogens is 358 g/mol. The van der Waals surface area contributed by atoms with Crippen molar-refractivity contribution in [3.05, 3.63) is 75.6 Å². The van der Waals surface area contributed by atoms with Gasteiger partial charge in [0.05, 0.1) is 14.2 Å². The van der Waals surface area contributed by atoms with Crippen molar-refractivity contribution in [1.29, 1.82) is 0 Å².